The number of aryl methyl sites for hydroxylation is 1. The van der Waals surface area contributed by atoms with Gasteiger partial charge in [0, 0.05) is 6.20 Å². The number of para-hydroxylation sites is 1. The van der Waals surface area contributed by atoms with Crippen molar-refractivity contribution in [3.63, 3.8) is 0 Å². The first-order chi connectivity index (χ1) is 13.2. The molecule has 0 radical (unpaired) electrons. The van der Waals surface area contributed by atoms with Crippen molar-refractivity contribution >= 4 is 22.5 Å². The van der Waals surface area contributed by atoms with E-state index in [2.05, 4.69) is 15.3 Å². The molecule has 0 bridgehead atoms. The van der Waals surface area contributed by atoms with E-state index in [-0.39, 0.29) is 10.9 Å². The van der Waals surface area contributed by atoms with Gasteiger partial charge in [0.25, 0.3) is 5.56 Å². The number of nitrogens with one attached hydrogen (secondary N) is 1. The SMILES string of the molecule is CCc1cncc(Nc2nc3ccc(F)cc3c(=O)n2-c2ccccc2)c1. The smallest absolute Gasteiger partial charge is 0.267 e. The van der Waals surface area contributed by atoms with Gasteiger partial charge in [-0.1, -0.05) is 25.1 Å². The quantitative estimate of drug-likeness (QED) is 0.592. The number of hydrogen-bond donors (Lipinski definition) is 1. The van der Waals surface area contributed by atoms with Crippen molar-refractivity contribution in [2.45, 2.75) is 13.3 Å². The minimum absolute atomic E-state index is 0.227. The summed E-state index contributed by atoms with van der Waals surface area (Å²) in [6.45, 7) is 2.05. The maximum absolute atomic E-state index is 13.7. The Morgan fingerprint density at radius 3 is 2.67 bits per heavy atom. The molecule has 0 spiro atoms. The van der Waals surface area contributed by atoms with Crippen LogP contribution in [0.15, 0.2) is 71.8 Å². The molecule has 0 unspecified atom stereocenters. The summed E-state index contributed by atoms with van der Waals surface area (Å²) in [6.07, 6.45) is 4.32. The molecule has 134 valence electrons. The van der Waals surface area contributed by atoms with Crippen LogP contribution in [-0.4, -0.2) is 14.5 Å². The molecule has 0 aliphatic heterocycles. The molecular weight excluding hydrogens is 343 g/mol. The topological polar surface area (TPSA) is 59.8 Å². The van der Waals surface area contributed by atoms with Crippen LogP contribution in [0.1, 0.15) is 12.5 Å². The molecule has 0 aliphatic carbocycles. The Morgan fingerprint density at radius 1 is 1.07 bits per heavy atom. The number of benzene rings is 2. The molecule has 4 aromatic rings. The molecular formula is C21H17FN4O. The fraction of sp³-hybridized carbons (Fsp3) is 0.0952. The molecule has 0 amide bonds. The van der Waals surface area contributed by atoms with Gasteiger partial charge in [-0.2, -0.15) is 0 Å². The van der Waals surface area contributed by atoms with E-state index in [1.807, 2.05) is 31.2 Å². The van der Waals surface area contributed by atoms with E-state index in [9.17, 15) is 9.18 Å². The van der Waals surface area contributed by atoms with Crippen LogP contribution in [0.2, 0.25) is 0 Å². The molecule has 2 aromatic heterocycles. The molecule has 4 rings (SSSR count). The molecule has 0 fully saturated rings. The first kappa shape index (κ1) is 16.9. The average molecular weight is 360 g/mol. The van der Waals surface area contributed by atoms with Crippen LogP contribution in [0.5, 0.6) is 0 Å². The Kier molecular flexibility index (Phi) is 4.38. The molecule has 2 aromatic carbocycles. The highest BCUT2D eigenvalue weighted by Crippen LogP contribution is 2.21. The van der Waals surface area contributed by atoms with Gasteiger partial charge in [-0.3, -0.25) is 9.78 Å². The second-order valence-corrected chi connectivity index (χ2v) is 6.13. The van der Waals surface area contributed by atoms with Crippen LogP contribution in [-0.2, 0) is 6.42 Å². The number of anilines is 2. The first-order valence-electron chi connectivity index (χ1n) is 8.64. The van der Waals surface area contributed by atoms with Gasteiger partial charge in [0.1, 0.15) is 5.82 Å². The van der Waals surface area contributed by atoms with Crippen molar-refractivity contribution in [3.05, 3.63) is 88.7 Å². The van der Waals surface area contributed by atoms with Gasteiger partial charge < -0.3 is 5.32 Å². The fourth-order valence-electron chi connectivity index (χ4n) is 2.94. The largest absolute Gasteiger partial charge is 0.324 e. The zero-order valence-corrected chi connectivity index (χ0v) is 14.7. The van der Waals surface area contributed by atoms with Crippen molar-refractivity contribution in [1.29, 1.82) is 0 Å². The zero-order valence-electron chi connectivity index (χ0n) is 14.7. The number of halogens is 1. The molecule has 0 saturated heterocycles. The van der Waals surface area contributed by atoms with Crippen LogP contribution in [0.3, 0.4) is 0 Å². The standard InChI is InChI=1S/C21H17FN4O/c1-2-14-10-16(13-23-12-14)24-21-25-19-9-8-15(22)11-18(19)20(27)26(21)17-6-4-3-5-7-17/h3-13H,2H2,1H3,(H,24,25). The molecule has 1 N–H and O–H groups in total. The minimum Gasteiger partial charge on any atom is -0.324 e. The third-order valence-electron chi connectivity index (χ3n) is 4.30. The molecule has 27 heavy (non-hydrogen) atoms. The van der Waals surface area contributed by atoms with Gasteiger partial charge in [-0.05, 0) is 48.4 Å². The maximum Gasteiger partial charge on any atom is 0.267 e. The van der Waals surface area contributed by atoms with Crippen LogP contribution in [0.25, 0.3) is 16.6 Å². The van der Waals surface area contributed by atoms with Crippen LogP contribution >= 0.6 is 0 Å². The lowest BCUT2D eigenvalue weighted by molar-refractivity contribution is 0.629. The lowest BCUT2D eigenvalue weighted by Crippen LogP contribution is -2.23. The second kappa shape index (κ2) is 6.99. The molecule has 0 atom stereocenters. The van der Waals surface area contributed by atoms with E-state index in [1.54, 1.807) is 24.5 Å². The summed E-state index contributed by atoms with van der Waals surface area (Å²) >= 11 is 0. The lowest BCUT2D eigenvalue weighted by Gasteiger charge is -2.15. The summed E-state index contributed by atoms with van der Waals surface area (Å²) in [5.74, 6) is -0.123. The number of aromatic nitrogens is 3. The van der Waals surface area contributed by atoms with E-state index >= 15 is 0 Å². The van der Waals surface area contributed by atoms with Crippen LogP contribution in [0.4, 0.5) is 16.0 Å². The van der Waals surface area contributed by atoms with Gasteiger partial charge in [-0.25, -0.2) is 13.9 Å². The highest BCUT2D eigenvalue weighted by molar-refractivity contribution is 5.80. The zero-order chi connectivity index (χ0) is 18.8. The summed E-state index contributed by atoms with van der Waals surface area (Å²) in [4.78, 5) is 21.9. The summed E-state index contributed by atoms with van der Waals surface area (Å²) in [5.41, 5.74) is 2.52. The van der Waals surface area contributed by atoms with Gasteiger partial charge in [0.2, 0.25) is 5.95 Å². The summed E-state index contributed by atoms with van der Waals surface area (Å²) in [6, 6.07) is 15.1. The number of nitrogens with zero attached hydrogens (tertiary/aromatic N) is 3. The highest BCUT2D eigenvalue weighted by atomic mass is 19.1. The van der Waals surface area contributed by atoms with E-state index in [0.29, 0.717) is 17.2 Å². The lowest BCUT2D eigenvalue weighted by atomic mass is 10.2. The summed E-state index contributed by atoms with van der Waals surface area (Å²) in [7, 11) is 0. The fourth-order valence-corrected chi connectivity index (χ4v) is 2.94. The van der Waals surface area contributed by atoms with Gasteiger partial charge in [0.05, 0.1) is 28.5 Å². The Balaban J connectivity index is 1.95. The van der Waals surface area contributed by atoms with Crippen LogP contribution < -0.4 is 10.9 Å². The van der Waals surface area contributed by atoms with Crippen LogP contribution in [0, 0.1) is 5.82 Å². The Morgan fingerprint density at radius 2 is 1.89 bits per heavy atom. The predicted molar refractivity (Wildman–Crippen MR) is 104 cm³/mol. The van der Waals surface area contributed by atoms with E-state index < -0.39 is 5.82 Å². The van der Waals surface area contributed by atoms with Crippen molar-refractivity contribution < 1.29 is 4.39 Å². The molecule has 0 saturated carbocycles. The molecule has 2 heterocycles. The third-order valence-corrected chi connectivity index (χ3v) is 4.30. The first-order valence-corrected chi connectivity index (χ1v) is 8.64. The van der Waals surface area contributed by atoms with Gasteiger partial charge in [0.15, 0.2) is 0 Å². The average Bonchev–Trinajstić information content (AvgIpc) is 2.70. The molecule has 0 aliphatic rings. The normalized spacial score (nSPS) is 10.9. The summed E-state index contributed by atoms with van der Waals surface area (Å²) in [5, 5.41) is 3.42. The van der Waals surface area contributed by atoms with Gasteiger partial charge >= 0.3 is 0 Å². The Bertz CT molecular complexity index is 1170. The number of rotatable bonds is 4. The number of fused-ring (bicyclic) bond motifs is 1. The maximum atomic E-state index is 13.7. The second-order valence-electron chi connectivity index (χ2n) is 6.13. The van der Waals surface area contributed by atoms with E-state index in [4.69, 9.17) is 0 Å². The Labute approximate surface area is 155 Å². The van der Waals surface area contributed by atoms with Crippen molar-refractivity contribution in [2.75, 3.05) is 5.32 Å². The highest BCUT2D eigenvalue weighted by Gasteiger charge is 2.14. The Hall–Kier alpha value is -3.54. The number of pyridine rings is 1. The minimum atomic E-state index is -0.471. The monoisotopic (exact) mass is 360 g/mol. The van der Waals surface area contributed by atoms with Crippen molar-refractivity contribution in [3.8, 4) is 5.69 Å². The van der Waals surface area contributed by atoms with Crippen molar-refractivity contribution in [1.82, 2.24) is 14.5 Å². The predicted octanol–water partition coefficient (Wildman–Crippen LogP) is 4.23. The third kappa shape index (κ3) is 3.29. The molecule has 5 nitrogen and oxygen atoms in total. The van der Waals surface area contributed by atoms with E-state index in [1.165, 1.54) is 22.8 Å². The summed E-state index contributed by atoms with van der Waals surface area (Å²) < 4.78 is 15.1. The number of hydrogen-bond acceptors (Lipinski definition) is 4. The van der Waals surface area contributed by atoms with Gasteiger partial charge in [-0.15, -0.1) is 0 Å². The van der Waals surface area contributed by atoms with E-state index in [0.717, 1.165) is 17.7 Å². The van der Waals surface area contributed by atoms with Crippen molar-refractivity contribution in [2.24, 2.45) is 0 Å². The molecule has 6 heteroatoms.